The van der Waals surface area contributed by atoms with Gasteiger partial charge < -0.3 is 10.9 Å². The second-order valence-electron chi connectivity index (χ2n) is 5.40. The summed E-state index contributed by atoms with van der Waals surface area (Å²) in [5.41, 5.74) is 7.80. The van der Waals surface area contributed by atoms with Crippen molar-refractivity contribution >= 4 is 16.7 Å². The van der Waals surface area contributed by atoms with Crippen molar-refractivity contribution in [3.05, 3.63) is 42.1 Å². The monoisotopic (exact) mass is 286 g/mol. The zero-order valence-corrected chi connectivity index (χ0v) is 12.5. The van der Waals surface area contributed by atoms with Gasteiger partial charge in [-0.3, -0.25) is 9.88 Å². The lowest BCUT2D eigenvalue weighted by molar-refractivity contribution is 0.218. The van der Waals surface area contributed by atoms with Gasteiger partial charge in [0.2, 0.25) is 0 Å². The fourth-order valence-electron chi connectivity index (χ4n) is 2.34. The summed E-state index contributed by atoms with van der Waals surface area (Å²) in [5.74, 6) is 0.261. The van der Waals surface area contributed by atoms with Crippen LogP contribution < -0.4 is 5.73 Å². The molecule has 0 aliphatic heterocycles. The summed E-state index contributed by atoms with van der Waals surface area (Å²) in [4.78, 5) is 6.78. The van der Waals surface area contributed by atoms with Gasteiger partial charge in [-0.25, -0.2) is 0 Å². The van der Waals surface area contributed by atoms with Crippen molar-refractivity contribution in [3.8, 4) is 0 Å². The molecule has 0 amide bonds. The quantitative estimate of drug-likeness (QED) is 0.370. The summed E-state index contributed by atoms with van der Waals surface area (Å²) >= 11 is 0. The summed E-state index contributed by atoms with van der Waals surface area (Å²) in [5, 5.41) is 12.8. The maximum atomic E-state index is 8.65. The molecule has 0 bridgehead atoms. The Hall–Kier alpha value is -2.14. The van der Waals surface area contributed by atoms with E-state index in [0.29, 0.717) is 12.5 Å². The number of aromatic nitrogens is 1. The van der Waals surface area contributed by atoms with Crippen LogP contribution in [-0.2, 0) is 6.54 Å². The number of hydrogen-bond acceptors (Lipinski definition) is 4. The number of benzene rings is 1. The number of rotatable bonds is 6. The highest BCUT2D eigenvalue weighted by molar-refractivity contribution is 5.81. The summed E-state index contributed by atoms with van der Waals surface area (Å²) in [6, 6.07) is 10.6. The molecule has 0 saturated heterocycles. The first-order valence-corrected chi connectivity index (χ1v) is 7.15. The van der Waals surface area contributed by atoms with Crippen LogP contribution in [0.3, 0.4) is 0 Å². The van der Waals surface area contributed by atoms with Gasteiger partial charge in [-0.05, 0) is 25.5 Å². The largest absolute Gasteiger partial charge is 0.409 e. The van der Waals surface area contributed by atoms with Gasteiger partial charge in [0.05, 0.1) is 5.52 Å². The van der Waals surface area contributed by atoms with Gasteiger partial charge in [-0.15, -0.1) is 0 Å². The van der Waals surface area contributed by atoms with Gasteiger partial charge in [-0.2, -0.15) is 0 Å². The van der Waals surface area contributed by atoms with Crippen molar-refractivity contribution in [1.29, 1.82) is 0 Å². The first kappa shape index (κ1) is 15.3. The molecule has 3 N–H and O–H groups in total. The fourth-order valence-corrected chi connectivity index (χ4v) is 2.34. The van der Waals surface area contributed by atoms with Crippen LogP contribution in [0.25, 0.3) is 10.9 Å². The van der Waals surface area contributed by atoms with Crippen LogP contribution in [0.5, 0.6) is 0 Å². The Morgan fingerprint density at radius 3 is 2.81 bits per heavy atom. The van der Waals surface area contributed by atoms with Gasteiger partial charge in [0.1, 0.15) is 5.84 Å². The summed E-state index contributed by atoms with van der Waals surface area (Å²) in [7, 11) is 0. The number of nitrogens with two attached hydrogens (primary N) is 1. The number of fused-ring (bicyclic) bond motifs is 1. The van der Waals surface area contributed by atoms with Crippen molar-refractivity contribution in [1.82, 2.24) is 9.88 Å². The normalized spacial score (nSPS) is 12.5. The molecule has 0 atom stereocenters. The number of nitrogens with zero attached hydrogens (tertiary/aromatic N) is 3. The van der Waals surface area contributed by atoms with E-state index >= 15 is 0 Å². The van der Waals surface area contributed by atoms with Crippen LogP contribution in [0.1, 0.15) is 25.8 Å². The van der Waals surface area contributed by atoms with Crippen LogP contribution in [0.2, 0.25) is 0 Å². The van der Waals surface area contributed by atoms with Crippen molar-refractivity contribution < 1.29 is 5.21 Å². The van der Waals surface area contributed by atoms with E-state index in [1.165, 1.54) is 5.56 Å². The molecule has 0 unspecified atom stereocenters. The molecule has 2 aromatic rings. The van der Waals surface area contributed by atoms with E-state index in [2.05, 4.69) is 53.2 Å². The van der Waals surface area contributed by atoms with Crippen molar-refractivity contribution in [2.75, 3.05) is 6.54 Å². The van der Waals surface area contributed by atoms with E-state index in [1.54, 1.807) is 0 Å². The third kappa shape index (κ3) is 3.92. The van der Waals surface area contributed by atoms with Gasteiger partial charge in [0.25, 0.3) is 0 Å². The Morgan fingerprint density at radius 1 is 1.33 bits per heavy atom. The van der Waals surface area contributed by atoms with Gasteiger partial charge in [0, 0.05) is 37.1 Å². The van der Waals surface area contributed by atoms with Crippen LogP contribution in [0, 0.1) is 0 Å². The molecular weight excluding hydrogens is 264 g/mol. The summed E-state index contributed by atoms with van der Waals surface area (Å²) in [6.07, 6.45) is 2.37. The third-order valence-corrected chi connectivity index (χ3v) is 3.60. The van der Waals surface area contributed by atoms with Crippen LogP contribution in [0.4, 0.5) is 0 Å². The Morgan fingerprint density at radius 2 is 2.10 bits per heavy atom. The Labute approximate surface area is 125 Å². The number of pyridine rings is 1. The lowest BCUT2D eigenvalue weighted by Crippen LogP contribution is -2.33. The first-order chi connectivity index (χ1) is 10.1. The molecule has 1 heterocycles. The highest BCUT2D eigenvalue weighted by Crippen LogP contribution is 2.18. The van der Waals surface area contributed by atoms with Crippen LogP contribution in [-0.4, -0.2) is 33.5 Å². The zero-order valence-electron chi connectivity index (χ0n) is 12.5. The molecule has 0 saturated carbocycles. The molecule has 1 aromatic heterocycles. The molecule has 0 fully saturated rings. The molecule has 5 nitrogen and oxygen atoms in total. The number of hydrogen-bond donors (Lipinski definition) is 2. The predicted molar refractivity (Wildman–Crippen MR) is 85.3 cm³/mol. The van der Waals surface area contributed by atoms with E-state index in [9.17, 15) is 0 Å². The smallest absolute Gasteiger partial charge is 0.140 e. The minimum Gasteiger partial charge on any atom is -0.409 e. The van der Waals surface area contributed by atoms with Crippen molar-refractivity contribution in [2.45, 2.75) is 32.9 Å². The zero-order chi connectivity index (χ0) is 15.2. The molecule has 0 spiro atoms. The SMILES string of the molecule is CC(C)N(CCC(N)=NO)Cc1cccc2cccnc12. The molecule has 0 radical (unpaired) electrons. The van der Waals surface area contributed by atoms with Gasteiger partial charge in [0.15, 0.2) is 0 Å². The average molecular weight is 286 g/mol. The highest BCUT2D eigenvalue weighted by atomic mass is 16.4. The highest BCUT2D eigenvalue weighted by Gasteiger charge is 2.13. The number of amidine groups is 1. The minimum atomic E-state index is 0.261. The standard InChI is InChI=1S/C16H22N4O/c1-12(2)20(10-8-15(17)19-21)11-14-6-3-5-13-7-4-9-18-16(13)14/h3-7,9,12,21H,8,10-11H2,1-2H3,(H2,17,19). The van der Waals surface area contributed by atoms with Gasteiger partial charge in [-0.1, -0.05) is 29.4 Å². The molecule has 5 heteroatoms. The Bertz CT molecular complexity index is 619. The lowest BCUT2D eigenvalue weighted by atomic mass is 10.1. The van der Waals surface area contributed by atoms with Crippen molar-refractivity contribution in [3.63, 3.8) is 0 Å². The van der Waals surface area contributed by atoms with Crippen LogP contribution >= 0.6 is 0 Å². The maximum Gasteiger partial charge on any atom is 0.140 e. The summed E-state index contributed by atoms with van der Waals surface area (Å²) in [6.45, 7) is 5.83. The first-order valence-electron chi connectivity index (χ1n) is 7.15. The van der Waals surface area contributed by atoms with Gasteiger partial charge >= 0.3 is 0 Å². The Kier molecular flexibility index (Phi) is 5.11. The number of para-hydroxylation sites is 1. The summed E-state index contributed by atoms with van der Waals surface area (Å²) < 4.78 is 0. The Balaban J connectivity index is 2.19. The average Bonchev–Trinajstić information content (AvgIpc) is 2.50. The second kappa shape index (κ2) is 7.04. The van der Waals surface area contributed by atoms with E-state index in [-0.39, 0.29) is 5.84 Å². The van der Waals surface area contributed by atoms with E-state index in [4.69, 9.17) is 10.9 Å². The fraction of sp³-hybridized carbons (Fsp3) is 0.375. The third-order valence-electron chi connectivity index (χ3n) is 3.60. The van der Waals surface area contributed by atoms with Crippen molar-refractivity contribution in [2.24, 2.45) is 10.9 Å². The lowest BCUT2D eigenvalue weighted by Gasteiger charge is -2.26. The molecular formula is C16H22N4O. The molecule has 2 rings (SSSR count). The van der Waals surface area contributed by atoms with E-state index in [1.807, 2.05) is 12.3 Å². The minimum absolute atomic E-state index is 0.261. The maximum absolute atomic E-state index is 8.65. The predicted octanol–water partition coefficient (Wildman–Crippen LogP) is 2.58. The second-order valence-corrected chi connectivity index (χ2v) is 5.40. The molecule has 21 heavy (non-hydrogen) atoms. The molecule has 1 aromatic carbocycles. The van der Waals surface area contributed by atoms with Crippen LogP contribution in [0.15, 0.2) is 41.7 Å². The topological polar surface area (TPSA) is 74.7 Å². The molecule has 112 valence electrons. The molecule has 0 aliphatic rings. The van der Waals surface area contributed by atoms with E-state index < -0.39 is 0 Å². The molecule has 0 aliphatic carbocycles. The van der Waals surface area contributed by atoms with E-state index in [0.717, 1.165) is 24.0 Å². The number of oxime groups is 1.